The van der Waals surface area contributed by atoms with Crippen LogP contribution in [0.2, 0.25) is 0 Å². The molecule has 0 aromatic rings. The lowest BCUT2D eigenvalue weighted by atomic mass is 9.96. The average molecular weight is 244 g/mol. The van der Waals surface area contributed by atoms with E-state index in [1.54, 1.807) is 0 Å². The maximum Gasteiger partial charge on any atom is 0.240 e. The van der Waals surface area contributed by atoms with Gasteiger partial charge in [-0.15, -0.1) is 0 Å². The Bertz CT molecular complexity index is 256. The molecular weight excluding hydrogens is 224 g/mol. The number of aliphatic hydroxyl groups is 1. The van der Waals surface area contributed by atoms with Gasteiger partial charge in [-0.25, -0.2) is 0 Å². The Morgan fingerprint density at radius 3 is 3.00 bits per heavy atom. The first kappa shape index (κ1) is 12.2. The molecule has 2 aliphatic rings. The third-order valence-corrected chi connectivity index (χ3v) is 4.45. The van der Waals surface area contributed by atoms with E-state index < -0.39 is 0 Å². The number of hydrogen-bond donors (Lipinski definition) is 2. The Morgan fingerprint density at radius 2 is 2.38 bits per heavy atom. The van der Waals surface area contributed by atoms with Gasteiger partial charge >= 0.3 is 0 Å². The molecular formula is C11H20N2O2S. The first-order chi connectivity index (χ1) is 7.68. The molecule has 0 saturated carbocycles. The Balaban J connectivity index is 1.89. The van der Waals surface area contributed by atoms with Gasteiger partial charge in [0, 0.05) is 31.1 Å². The molecule has 2 rings (SSSR count). The van der Waals surface area contributed by atoms with Crippen LogP contribution >= 0.6 is 11.8 Å². The summed E-state index contributed by atoms with van der Waals surface area (Å²) in [5.74, 6) is 2.39. The Hall–Kier alpha value is -0.260. The molecule has 2 aliphatic heterocycles. The van der Waals surface area contributed by atoms with E-state index in [1.165, 1.54) is 0 Å². The SMILES string of the molecule is CC1CN(C(=O)C2CSCCN2)CCC1O. The largest absolute Gasteiger partial charge is 0.393 e. The zero-order valence-electron chi connectivity index (χ0n) is 9.69. The minimum Gasteiger partial charge on any atom is -0.393 e. The molecule has 0 spiro atoms. The number of piperidine rings is 1. The number of nitrogens with one attached hydrogen (secondary N) is 1. The molecule has 2 saturated heterocycles. The van der Waals surface area contributed by atoms with E-state index in [0.717, 1.165) is 18.1 Å². The predicted molar refractivity (Wildman–Crippen MR) is 65.5 cm³/mol. The lowest BCUT2D eigenvalue weighted by Gasteiger charge is -2.37. The fraction of sp³-hybridized carbons (Fsp3) is 0.909. The third kappa shape index (κ3) is 2.70. The van der Waals surface area contributed by atoms with E-state index in [-0.39, 0.29) is 24.0 Å². The van der Waals surface area contributed by atoms with Crippen LogP contribution in [0.3, 0.4) is 0 Å². The highest BCUT2D eigenvalue weighted by molar-refractivity contribution is 7.99. The molecule has 0 aliphatic carbocycles. The fourth-order valence-corrected chi connectivity index (χ4v) is 3.20. The van der Waals surface area contributed by atoms with Gasteiger partial charge in [0.15, 0.2) is 0 Å². The van der Waals surface area contributed by atoms with Crippen LogP contribution in [0.1, 0.15) is 13.3 Å². The number of carbonyl (C=O) groups excluding carboxylic acids is 1. The van der Waals surface area contributed by atoms with Gasteiger partial charge in [-0.05, 0) is 12.3 Å². The molecule has 0 aromatic carbocycles. The van der Waals surface area contributed by atoms with Gasteiger partial charge in [-0.3, -0.25) is 4.79 Å². The van der Waals surface area contributed by atoms with E-state index in [9.17, 15) is 9.90 Å². The summed E-state index contributed by atoms with van der Waals surface area (Å²) in [6.45, 7) is 4.33. The number of amides is 1. The van der Waals surface area contributed by atoms with Crippen LogP contribution in [-0.2, 0) is 4.79 Å². The van der Waals surface area contributed by atoms with Gasteiger partial charge in [0.2, 0.25) is 5.91 Å². The summed E-state index contributed by atoms with van der Waals surface area (Å²) in [5, 5.41) is 12.9. The minimum atomic E-state index is -0.238. The first-order valence-electron chi connectivity index (χ1n) is 5.96. The first-order valence-corrected chi connectivity index (χ1v) is 7.12. The second kappa shape index (κ2) is 5.38. The summed E-state index contributed by atoms with van der Waals surface area (Å²) >= 11 is 1.84. The summed E-state index contributed by atoms with van der Waals surface area (Å²) in [4.78, 5) is 14.1. The monoisotopic (exact) mass is 244 g/mol. The van der Waals surface area contributed by atoms with Crippen molar-refractivity contribution in [2.75, 3.05) is 31.1 Å². The minimum absolute atomic E-state index is 0.0128. The summed E-state index contributed by atoms with van der Waals surface area (Å²) in [6.07, 6.45) is 0.477. The normalized spacial score (nSPS) is 36.1. The Labute approximate surface area is 101 Å². The number of thioether (sulfide) groups is 1. The van der Waals surface area contributed by atoms with Crippen LogP contribution in [0.15, 0.2) is 0 Å². The third-order valence-electron chi connectivity index (χ3n) is 3.39. The number of carbonyl (C=O) groups is 1. The molecule has 16 heavy (non-hydrogen) atoms. The molecule has 2 fully saturated rings. The second-order valence-corrected chi connectivity index (χ2v) is 5.85. The molecule has 1 amide bonds. The van der Waals surface area contributed by atoms with Crippen molar-refractivity contribution in [3.8, 4) is 0 Å². The van der Waals surface area contributed by atoms with Crippen molar-refractivity contribution in [2.24, 2.45) is 5.92 Å². The fourth-order valence-electron chi connectivity index (χ4n) is 2.28. The molecule has 2 N–H and O–H groups in total. The lowest BCUT2D eigenvalue weighted by molar-refractivity contribution is -0.136. The summed E-state index contributed by atoms with van der Waals surface area (Å²) in [5.41, 5.74) is 0. The Morgan fingerprint density at radius 1 is 1.56 bits per heavy atom. The van der Waals surface area contributed by atoms with Crippen LogP contribution in [0, 0.1) is 5.92 Å². The van der Waals surface area contributed by atoms with Crippen LogP contribution in [-0.4, -0.2) is 59.2 Å². The standard InChI is InChI=1S/C11H20N2O2S/c1-8-6-13(4-2-10(8)14)11(15)9-7-16-5-3-12-9/h8-10,12,14H,2-7H2,1H3. The molecule has 2 heterocycles. The van der Waals surface area contributed by atoms with Gasteiger partial charge in [0.25, 0.3) is 0 Å². The number of nitrogens with zero attached hydrogens (tertiary/aromatic N) is 1. The molecule has 3 atom stereocenters. The van der Waals surface area contributed by atoms with Crippen molar-refractivity contribution in [2.45, 2.75) is 25.5 Å². The van der Waals surface area contributed by atoms with Crippen LogP contribution in [0.5, 0.6) is 0 Å². The van der Waals surface area contributed by atoms with Crippen LogP contribution in [0.4, 0.5) is 0 Å². The smallest absolute Gasteiger partial charge is 0.240 e. The molecule has 0 aromatic heterocycles. The lowest BCUT2D eigenvalue weighted by Crippen LogP contribution is -2.54. The molecule has 4 nitrogen and oxygen atoms in total. The van der Waals surface area contributed by atoms with Crippen LogP contribution < -0.4 is 5.32 Å². The number of likely N-dealkylation sites (tertiary alicyclic amines) is 1. The topological polar surface area (TPSA) is 52.6 Å². The van der Waals surface area contributed by atoms with Crippen molar-refractivity contribution >= 4 is 17.7 Å². The highest BCUT2D eigenvalue weighted by Crippen LogP contribution is 2.18. The second-order valence-electron chi connectivity index (χ2n) is 4.70. The summed E-state index contributed by atoms with van der Waals surface area (Å²) in [7, 11) is 0. The number of rotatable bonds is 1. The molecule has 92 valence electrons. The van der Waals surface area contributed by atoms with E-state index in [1.807, 2.05) is 23.6 Å². The van der Waals surface area contributed by atoms with Gasteiger partial charge in [0.05, 0.1) is 12.1 Å². The van der Waals surface area contributed by atoms with Crippen molar-refractivity contribution in [3.05, 3.63) is 0 Å². The zero-order chi connectivity index (χ0) is 11.5. The van der Waals surface area contributed by atoms with Gasteiger partial charge in [-0.2, -0.15) is 11.8 Å². The quantitative estimate of drug-likeness (QED) is 0.677. The summed E-state index contributed by atoms with van der Waals surface area (Å²) < 4.78 is 0. The summed E-state index contributed by atoms with van der Waals surface area (Å²) in [6, 6.07) is -0.0128. The van der Waals surface area contributed by atoms with Crippen LogP contribution in [0.25, 0.3) is 0 Å². The molecule has 3 unspecified atom stereocenters. The Kier molecular flexibility index (Phi) is 4.10. The molecule has 0 bridgehead atoms. The predicted octanol–water partition coefficient (Wildman–Crippen LogP) is -0.0793. The number of aliphatic hydroxyl groups excluding tert-OH is 1. The highest BCUT2D eigenvalue weighted by atomic mass is 32.2. The average Bonchev–Trinajstić information content (AvgIpc) is 2.33. The van der Waals surface area contributed by atoms with E-state index >= 15 is 0 Å². The highest BCUT2D eigenvalue weighted by Gasteiger charge is 2.31. The van der Waals surface area contributed by atoms with Crippen molar-refractivity contribution < 1.29 is 9.90 Å². The molecule has 0 radical (unpaired) electrons. The zero-order valence-corrected chi connectivity index (χ0v) is 10.5. The van der Waals surface area contributed by atoms with Crippen molar-refractivity contribution in [1.29, 1.82) is 0 Å². The van der Waals surface area contributed by atoms with E-state index in [0.29, 0.717) is 19.5 Å². The maximum absolute atomic E-state index is 12.2. The van der Waals surface area contributed by atoms with Gasteiger partial charge in [-0.1, -0.05) is 6.92 Å². The van der Waals surface area contributed by atoms with Gasteiger partial charge < -0.3 is 15.3 Å². The van der Waals surface area contributed by atoms with E-state index in [2.05, 4.69) is 5.32 Å². The molecule has 5 heteroatoms. The van der Waals surface area contributed by atoms with Crippen molar-refractivity contribution in [3.63, 3.8) is 0 Å². The number of hydrogen-bond acceptors (Lipinski definition) is 4. The van der Waals surface area contributed by atoms with Crippen molar-refractivity contribution in [1.82, 2.24) is 10.2 Å². The maximum atomic E-state index is 12.2. The van der Waals surface area contributed by atoms with E-state index in [4.69, 9.17) is 0 Å². The van der Waals surface area contributed by atoms with Gasteiger partial charge in [0.1, 0.15) is 0 Å².